The first-order valence-electron chi connectivity index (χ1n) is 8.58. The Hall–Kier alpha value is -1.52. The zero-order valence-corrected chi connectivity index (χ0v) is 14.0. The van der Waals surface area contributed by atoms with Crippen LogP contribution < -0.4 is 14.4 Å². The molecule has 122 valence electrons. The van der Waals surface area contributed by atoms with Crippen LogP contribution >= 0.6 is 0 Å². The zero-order valence-electron chi connectivity index (χ0n) is 14.0. The van der Waals surface area contributed by atoms with Gasteiger partial charge in [0, 0.05) is 24.5 Å². The number of quaternary nitrogens is 1. The molecule has 2 aliphatic heterocycles. The van der Waals surface area contributed by atoms with E-state index in [-0.39, 0.29) is 17.6 Å². The lowest BCUT2D eigenvalue weighted by Crippen LogP contribution is -3.14. The van der Waals surface area contributed by atoms with Gasteiger partial charge in [0.25, 0.3) is 0 Å². The first kappa shape index (κ1) is 13.9. The van der Waals surface area contributed by atoms with Crippen LogP contribution in [0.5, 0.6) is 11.5 Å². The van der Waals surface area contributed by atoms with Gasteiger partial charge in [0.2, 0.25) is 0 Å². The third-order valence-electron chi connectivity index (χ3n) is 6.51. The molecule has 1 saturated heterocycles. The van der Waals surface area contributed by atoms with Gasteiger partial charge in [-0.2, -0.15) is 0 Å². The number of rotatable bonds is 2. The minimum Gasteiger partial charge on any atom is -0.493 e. The first-order chi connectivity index (χ1) is 11.2. The summed E-state index contributed by atoms with van der Waals surface area (Å²) in [6.45, 7) is 2.35. The van der Waals surface area contributed by atoms with Crippen molar-refractivity contribution < 1.29 is 19.1 Å². The van der Waals surface area contributed by atoms with Crippen molar-refractivity contribution in [3.63, 3.8) is 0 Å². The van der Waals surface area contributed by atoms with Crippen molar-refractivity contribution in [3.05, 3.63) is 35.4 Å². The lowest BCUT2D eigenvalue weighted by Gasteiger charge is -2.54. The van der Waals surface area contributed by atoms with Crippen LogP contribution in [0.4, 0.5) is 0 Å². The molecule has 6 atom stereocenters. The predicted molar refractivity (Wildman–Crippen MR) is 86.3 cm³/mol. The Morgan fingerprint density at radius 1 is 1.26 bits per heavy atom. The summed E-state index contributed by atoms with van der Waals surface area (Å²) in [6.07, 6.45) is 5.87. The van der Waals surface area contributed by atoms with Gasteiger partial charge in [0.05, 0.1) is 32.7 Å². The maximum Gasteiger partial charge on any atom is 0.166 e. The van der Waals surface area contributed by atoms with Gasteiger partial charge in [-0.3, -0.25) is 0 Å². The molecule has 1 aromatic rings. The molecule has 1 unspecified atom stereocenters. The summed E-state index contributed by atoms with van der Waals surface area (Å²) in [4.78, 5) is 1.60. The molecule has 0 aromatic heterocycles. The smallest absolute Gasteiger partial charge is 0.166 e. The molecule has 4 nitrogen and oxygen atoms in total. The zero-order chi connectivity index (χ0) is 15.8. The van der Waals surface area contributed by atoms with Crippen molar-refractivity contribution in [1.82, 2.24) is 0 Å². The molecule has 23 heavy (non-hydrogen) atoms. The Balaban J connectivity index is 1.80. The van der Waals surface area contributed by atoms with E-state index in [1.54, 1.807) is 19.1 Å². The number of methoxy groups -OCH3 is 2. The van der Waals surface area contributed by atoms with E-state index in [0.29, 0.717) is 11.8 Å². The fourth-order valence-corrected chi connectivity index (χ4v) is 5.87. The monoisotopic (exact) mass is 314 g/mol. The summed E-state index contributed by atoms with van der Waals surface area (Å²) in [7, 11) is 5.84. The lowest BCUT2D eigenvalue weighted by molar-refractivity contribution is -0.896. The van der Waals surface area contributed by atoms with Crippen LogP contribution in [0.2, 0.25) is 0 Å². The van der Waals surface area contributed by atoms with Crippen molar-refractivity contribution in [2.45, 2.75) is 24.0 Å². The van der Waals surface area contributed by atoms with E-state index in [1.807, 2.05) is 0 Å². The van der Waals surface area contributed by atoms with E-state index < -0.39 is 0 Å². The molecule has 1 spiro atoms. The standard InChI is InChI=1S/C19H23NO3/c1-20-9-12-8-11-4-6-14(21-2)17-16(11)19(10-20)13(12)5-7-15(22-3)18(19)23-17/h4-7,12-13,15,18H,8-10H2,1-3H3/p+1/t12-,13-,15+,18+,19-/m1/s1. The van der Waals surface area contributed by atoms with Gasteiger partial charge in [-0.15, -0.1) is 0 Å². The molecule has 0 saturated carbocycles. The van der Waals surface area contributed by atoms with Gasteiger partial charge in [-0.25, -0.2) is 0 Å². The van der Waals surface area contributed by atoms with Crippen molar-refractivity contribution in [3.8, 4) is 11.5 Å². The Bertz CT molecular complexity index is 700. The van der Waals surface area contributed by atoms with E-state index in [1.165, 1.54) is 17.7 Å². The number of allylic oxidation sites excluding steroid dienone is 1. The van der Waals surface area contributed by atoms with Gasteiger partial charge < -0.3 is 19.1 Å². The third kappa shape index (κ3) is 1.54. The molecule has 0 amide bonds. The number of hydrogen-bond donors (Lipinski definition) is 1. The molecule has 1 aromatic carbocycles. The van der Waals surface area contributed by atoms with Gasteiger partial charge in [0.15, 0.2) is 11.5 Å². The molecule has 5 rings (SSSR count). The van der Waals surface area contributed by atoms with Crippen LogP contribution in [0.3, 0.4) is 0 Å². The lowest BCUT2D eigenvalue weighted by atomic mass is 9.53. The predicted octanol–water partition coefficient (Wildman–Crippen LogP) is 0.596. The summed E-state index contributed by atoms with van der Waals surface area (Å²) >= 11 is 0. The highest BCUT2D eigenvalue weighted by Crippen LogP contribution is 2.60. The van der Waals surface area contributed by atoms with Gasteiger partial charge in [-0.05, 0) is 18.1 Å². The maximum absolute atomic E-state index is 6.54. The van der Waals surface area contributed by atoms with Crippen LogP contribution in [-0.2, 0) is 16.6 Å². The van der Waals surface area contributed by atoms with E-state index in [9.17, 15) is 0 Å². The average molecular weight is 314 g/mol. The molecule has 0 radical (unpaired) electrons. The summed E-state index contributed by atoms with van der Waals surface area (Å²) in [6, 6.07) is 4.33. The van der Waals surface area contributed by atoms with Crippen LogP contribution in [-0.4, -0.2) is 46.6 Å². The Labute approximate surface area is 137 Å². The number of hydrogen-bond acceptors (Lipinski definition) is 3. The number of ether oxygens (including phenoxy) is 3. The van der Waals surface area contributed by atoms with Gasteiger partial charge in [0.1, 0.15) is 12.2 Å². The van der Waals surface area contributed by atoms with Crippen LogP contribution in [0, 0.1) is 11.8 Å². The second-order valence-corrected chi connectivity index (χ2v) is 7.62. The second-order valence-electron chi connectivity index (χ2n) is 7.62. The van der Waals surface area contributed by atoms with E-state index >= 15 is 0 Å². The summed E-state index contributed by atoms with van der Waals surface area (Å²) in [5.41, 5.74) is 2.91. The third-order valence-corrected chi connectivity index (χ3v) is 6.51. The van der Waals surface area contributed by atoms with E-state index in [0.717, 1.165) is 24.5 Å². The second kappa shape index (κ2) is 4.52. The molecule has 1 N–H and O–H groups in total. The number of likely N-dealkylation sites (tertiary alicyclic amines) is 1. The number of nitrogens with one attached hydrogen (secondary N) is 1. The van der Waals surface area contributed by atoms with Crippen molar-refractivity contribution in [2.24, 2.45) is 11.8 Å². The molecular formula is C19H24NO3+. The van der Waals surface area contributed by atoms with Crippen LogP contribution in [0.1, 0.15) is 11.1 Å². The normalized spacial score (nSPS) is 42.1. The Morgan fingerprint density at radius 2 is 2.13 bits per heavy atom. The maximum atomic E-state index is 6.54. The molecule has 2 heterocycles. The number of piperidine rings is 1. The summed E-state index contributed by atoms with van der Waals surface area (Å²) < 4.78 is 17.9. The Kier molecular flexibility index (Phi) is 2.73. The first-order valence-corrected chi connectivity index (χ1v) is 8.58. The fourth-order valence-electron chi connectivity index (χ4n) is 5.87. The van der Waals surface area contributed by atoms with Gasteiger partial charge in [-0.1, -0.05) is 18.2 Å². The molecular weight excluding hydrogens is 290 g/mol. The largest absolute Gasteiger partial charge is 0.493 e. The highest BCUT2D eigenvalue weighted by Gasteiger charge is 2.66. The number of benzene rings is 1. The summed E-state index contributed by atoms with van der Waals surface area (Å²) in [5.74, 6) is 3.08. The molecule has 2 bridgehead atoms. The van der Waals surface area contributed by atoms with Crippen molar-refractivity contribution in [2.75, 3.05) is 34.4 Å². The molecule has 1 fully saturated rings. The Morgan fingerprint density at radius 3 is 2.91 bits per heavy atom. The number of likely N-dealkylation sites (N-methyl/N-ethyl adjacent to an activating group) is 1. The average Bonchev–Trinajstić information content (AvgIpc) is 2.87. The topological polar surface area (TPSA) is 32.1 Å². The highest BCUT2D eigenvalue weighted by molar-refractivity contribution is 5.61. The van der Waals surface area contributed by atoms with Crippen molar-refractivity contribution >= 4 is 0 Å². The van der Waals surface area contributed by atoms with E-state index in [4.69, 9.17) is 14.2 Å². The van der Waals surface area contributed by atoms with Crippen LogP contribution in [0.25, 0.3) is 0 Å². The van der Waals surface area contributed by atoms with E-state index in [2.05, 4.69) is 31.3 Å². The minimum absolute atomic E-state index is 0.0147. The summed E-state index contributed by atoms with van der Waals surface area (Å²) in [5, 5.41) is 0. The fraction of sp³-hybridized carbons (Fsp3) is 0.579. The molecule has 2 aliphatic carbocycles. The highest BCUT2D eigenvalue weighted by atomic mass is 16.6. The molecule has 4 heteroatoms. The minimum atomic E-state index is 0.0147. The quantitative estimate of drug-likeness (QED) is 0.811. The molecule has 4 aliphatic rings. The van der Waals surface area contributed by atoms with Crippen molar-refractivity contribution in [1.29, 1.82) is 0 Å². The van der Waals surface area contributed by atoms with Gasteiger partial charge >= 0.3 is 0 Å². The SMILES string of the molecule is COc1ccc2c3c1O[C@H]1[C@@H](OC)C=C[C@@H]4[C@H](C2)C[NH+](C)C[C@]341. The van der Waals surface area contributed by atoms with Crippen LogP contribution in [0.15, 0.2) is 24.3 Å².